The van der Waals surface area contributed by atoms with Crippen molar-refractivity contribution in [2.45, 2.75) is 12.8 Å². The fraction of sp³-hybridized carbons (Fsp3) is 0.571. The Morgan fingerprint density at radius 3 is 2.20 bits per heavy atom. The van der Waals surface area contributed by atoms with Gasteiger partial charge in [-0.2, -0.15) is 0 Å². The van der Waals surface area contributed by atoms with Crippen LogP contribution in [0.1, 0.15) is 12.8 Å². The van der Waals surface area contributed by atoms with Crippen LogP contribution in [0.5, 0.6) is 0 Å². The van der Waals surface area contributed by atoms with Gasteiger partial charge in [0.05, 0.1) is 6.33 Å². The Balaban J connectivity index is 0.0000001000. The Morgan fingerprint density at radius 2 is 2.00 bits per heavy atom. The van der Waals surface area contributed by atoms with Crippen LogP contribution in [0.4, 0.5) is 0 Å². The van der Waals surface area contributed by atoms with Crippen molar-refractivity contribution < 1.29 is 0 Å². The molecular weight excluding hydrogens is 126 g/mol. The molecule has 2 heterocycles. The minimum atomic E-state index is 1.25. The van der Waals surface area contributed by atoms with Crippen molar-refractivity contribution in [2.24, 2.45) is 0 Å². The summed E-state index contributed by atoms with van der Waals surface area (Å²) in [5, 5.41) is 3.22. The quantitative estimate of drug-likeness (QED) is 0.557. The summed E-state index contributed by atoms with van der Waals surface area (Å²) in [4.78, 5) is 6.42. The number of aromatic nitrogens is 2. The summed E-state index contributed by atoms with van der Waals surface area (Å²) in [6, 6.07) is 0. The first-order valence-electron chi connectivity index (χ1n) is 3.63. The largest absolute Gasteiger partial charge is 0.351 e. The fourth-order valence-corrected chi connectivity index (χ4v) is 0.840. The van der Waals surface area contributed by atoms with Crippen molar-refractivity contribution in [2.75, 3.05) is 13.1 Å². The average Bonchev–Trinajstić information content (AvgIpc) is 2.67. The fourth-order valence-electron chi connectivity index (χ4n) is 0.840. The van der Waals surface area contributed by atoms with Crippen molar-refractivity contribution in [1.29, 1.82) is 0 Å². The van der Waals surface area contributed by atoms with Crippen LogP contribution in [0.3, 0.4) is 0 Å². The van der Waals surface area contributed by atoms with Crippen LogP contribution in [0.15, 0.2) is 18.7 Å². The maximum Gasteiger partial charge on any atom is 0.0919 e. The number of rotatable bonds is 0. The summed E-state index contributed by atoms with van der Waals surface area (Å²) in [5.41, 5.74) is 0. The molecule has 10 heavy (non-hydrogen) atoms. The summed E-state index contributed by atoms with van der Waals surface area (Å²) in [5.74, 6) is 0. The van der Waals surface area contributed by atoms with E-state index in [-0.39, 0.29) is 0 Å². The highest BCUT2D eigenvalue weighted by molar-refractivity contribution is 4.64. The molecule has 1 saturated heterocycles. The Morgan fingerprint density at radius 1 is 1.20 bits per heavy atom. The van der Waals surface area contributed by atoms with E-state index in [1.54, 1.807) is 18.7 Å². The molecule has 1 aliphatic rings. The molecule has 1 aromatic rings. The first-order valence-corrected chi connectivity index (χ1v) is 3.63. The number of H-pyrrole nitrogens is 1. The molecule has 3 heteroatoms. The lowest BCUT2D eigenvalue weighted by atomic mass is 10.4. The molecule has 0 saturated carbocycles. The van der Waals surface area contributed by atoms with E-state index in [9.17, 15) is 0 Å². The van der Waals surface area contributed by atoms with E-state index in [0.717, 1.165) is 0 Å². The van der Waals surface area contributed by atoms with Crippen molar-refractivity contribution >= 4 is 0 Å². The van der Waals surface area contributed by atoms with E-state index in [1.807, 2.05) is 0 Å². The van der Waals surface area contributed by atoms with E-state index in [1.165, 1.54) is 25.9 Å². The predicted octanol–water partition coefficient (Wildman–Crippen LogP) is 0.779. The molecule has 0 aliphatic carbocycles. The third kappa shape index (κ3) is 3.25. The number of nitrogens with zero attached hydrogens (tertiary/aromatic N) is 1. The Labute approximate surface area is 60.9 Å². The van der Waals surface area contributed by atoms with Crippen LogP contribution in [0, 0.1) is 0 Å². The number of hydrogen-bond acceptors (Lipinski definition) is 2. The van der Waals surface area contributed by atoms with Gasteiger partial charge in [-0.1, -0.05) is 0 Å². The molecule has 0 unspecified atom stereocenters. The SMILES string of the molecule is C1CCNC1.c1c[nH]cn1. The predicted molar refractivity (Wildman–Crippen MR) is 40.7 cm³/mol. The molecule has 1 aromatic heterocycles. The van der Waals surface area contributed by atoms with Crippen molar-refractivity contribution in [3.63, 3.8) is 0 Å². The van der Waals surface area contributed by atoms with Gasteiger partial charge in [-0.3, -0.25) is 0 Å². The van der Waals surface area contributed by atoms with Crippen molar-refractivity contribution in [3.05, 3.63) is 18.7 Å². The van der Waals surface area contributed by atoms with Gasteiger partial charge >= 0.3 is 0 Å². The summed E-state index contributed by atoms with van der Waals surface area (Å²) in [7, 11) is 0. The van der Waals surface area contributed by atoms with Crippen molar-refractivity contribution in [3.8, 4) is 0 Å². The third-order valence-electron chi connectivity index (χ3n) is 1.36. The molecule has 3 nitrogen and oxygen atoms in total. The van der Waals surface area contributed by atoms with E-state index in [0.29, 0.717) is 0 Å². The number of hydrogen-bond donors (Lipinski definition) is 2. The maximum absolute atomic E-state index is 3.67. The van der Waals surface area contributed by atoms with Crippen LogP contribution in [0.2, 0.25) is 0 Å². The lowest BCUT2D eigenvalue weighted by molar-refractivity contribution is 0.857. The van der Waals surface area contributed by atoms with Gasteiger partial charge in [-0.15, -0.1) is 0 Å². The zero-order valence-electron chi connectivity index (χ0n) is 6.01. The second-order valence-electron chi connectivity index (χ2n) is 2.22. The molecule has 1 aliphatic heterocycles. The van der Waals surface area contributed by atoms with E-state index in [4.69, 9.17) is 0 Å². The lowest BCUT2D eigenvalue weighted by Gasteiger charge is -1.76. The van der Waals surface area contributed by atoms with Crippen LogP contribution in [-0.2, 0) is 0 Å². The maximum atomic E-state index is 3.67. The molecule has 2 rings (SSSR count). The highest BCUT2D eigenvalue weighted by Crippen LogP contribution is 1.90. The second kappa shape index (κ2) is 4.99. The number of aromatic amines is 1. The van der Waals surface area contributed by atoms with E-state index < -0.39 is 0 Å². The Hall–Kier alpha value is -0.830. The molecule has 0 radical (unpaired) electrons. The summed E-state index contributed by atoms with van der Waals surface area (Å²) < 4.78 is 0. The molecular formula is C7H13N3. The normalized spacial score (nSPS) is 16.0. The van der Waals surface area contributed by atoms with Gasteiger partial charge in [0.2, 0.25) is 0 Å². The highest BCUT2D eigenvalue weighted by Gasteiger charge is 1.93. The van der Waals surface area contributed by atoms with Gasteiger partial charge in [-0.05, 0) is 25.9 Å². The van der Waals surface area contributed by atoms with Gasteiger partial charge in [0, 0.05) is 12.4 Å². The Bertz CT molecular complexity index is 108. The molecule has 0 atom stereocenters. The van der Waals surface area contributed by atoms with Gasteiger partial charge < -0.3 is 10.3 Å². The zero-order valence-corrected chi connectivity index (χ0v) is 6.01. The van der Waals surface area contributed by atoms with Gasteiger partial charge in [-0.25, -0.2) is 4.98 Å². The molecule has 0 amide bonds. The molecule has 0 spiro atoms. The molecule has 0 aromatic carbocycles. The molecule has 0 bridgehead atoms. The lowest BCUT2D eigenvalue weighted by Crippen LogP contribution is -2.03. The summed E-state index contributed by atoms with van der Waals surface area (Å²) in [6.45, 7) is 2.50. The minimum absolute atomic E-state index is 1.25. The zero-order chi connectivity index (χ0) is 7.07. The van der Waals surface area contributed by atoms with E-state index in [2.05, 4.69) is 15.3 Å². The topological polar surface area (TPSA) is 40.7 Å². The summed E-state index contributed by atoms with van der Waals surface area (Å²) in [6.07, 6.45) is 7.86. The van der Waals surface area contributed by atoms with Crippen LogP contribution < -0.4 is 5.32 Å². The van der Waals surface area contributed by atoms with Gasteiger partial charge in [0.25, 0.3) is 0 Å². The van der Waals surface area contributed by atoms with Crippen LogP contribution in [0.25, 0.3) is 0 Å². The smallest absolute Gasteiger partial charge is 0.0919 e. The third-order valence-corrected chi connectivity index (χ3v) is 1.36. The standard InChI is InChI=1S/C4H9N.C3H4N2/c1-2-4-5-3-1;1-2-5-3-4-1/h5H,1-4H2;1-3H,(H,4,5). The molecule has 2 N–H and O–H groups in total. The number of nitrogens with one attached hydrogen (secondary N) is 2. The first-order chi connectivity index (χ1) is 5.00. The highest BCUT2D eigenvalue weighted by atomic mass is 14.9. The van der Waals surface area contributed by atoms with E-state index >= 15 is 0 Å². The van der Waals surface area contributed by atoms with Crippen molar-refractivity contribution in [1.82, 2.24) is 15.3 Å². The average molecular weight is 139 g/mol. The van der Waals surface area contributed by atoms with Gasteiger partial charge in [0.1, 0.15) is 0 Å². The van der Waals surface area contributed by atoms with Gasteiger partial charge in [0.15, 0.2) is 0 Å². The molecule has 1 fully saturated rings. The summed E-state index contributed by atoms with van der Waals surface area (Å²) >= 11 is 0. The second-order valence-corrected chi connectivity index (χ2v) is 2.22. The number of imidazole rings is 1. The first kappa shape index (κ1) is 7.28. The van der Waals surface area contributed by atoms with Crippen LogP contribution >= 0.6 is 0 Å². The molecule has 56 valence electrons. The van der Waals surface area contributed by atoms with Crippen LogP contribution in [-0.4, -0.2) is 23.1 Å². The monoisotopic (exact) mass is 139 g/mol. The minimum Gasteiger partial charge on any atom is -0.351 e. The Kier molecular flexibility index (Phi) is 3.64.